The van der Waals surface area contributed by atoms with Crippen molar-refractivity contribution < 1.29 is 9.59 Å². The Labute approximate surface area is 179 Å². The third kappa shape index (κ3) is 3.85. The van der Waals surface area contributed by atoms with Crippen molar-refractivity contribution in [2.24, 2.45) is 0 Å². The van der Waals surface area contributed by atoms with Gasteiger partial charge in [-0.05, 0) is 23.1 Å². The molecule has 0 aliphatic carbocycles. The molecule has 1 aliphatic heterocycles. The van der Waals surface area contributed by atoms with E-state index in [9.17, 15) is 14.9 Å². The van der Waals surface area contributed by atoms with Crippen molar-refractivity contribution in [1.29, 1.82) is 5.26 Å². The molecule has 0 radical (unpaired) electrons. The van der Waals surface area contributed by atoms with Crippen molar-refractivity contribution in [3.05, 3.63) is 87.8 Å². The highest BCUT2D eigenvalue weighted by molar-refractivity contribution is 7.16. The smallest absolute Gasteiger partial charge is 0.237 e. The number of benzene rings is 2. The van der Waals surface area contributed by atoms with Crippen LogP contribution < -0.4 is 5.32 Å². The van der Waals surface area contributed by atoms with E-state index in [0.29, 0.717) is 30.1 Å². The van der Waals surface area contributed by atoms with Gasteiger partial charge in [0.05, 0.1) is 18.0 Å². The standard InChI is InChI=1S/C24H21N3O2S/c1-16(28)27-13-12-19-20(14-25)24(30-21(19)15-27)26-23(29)22(17-8-4-2-5-9-17)18-10-6-3-7-11-18/h2-11,22H,12-13,15H2,1H3,(H,26,29). The SMILES string of the molecule is CC(=O)N1CCc2c(sc(NC(=O)C(c3ccccc3)c3ccccc3)c2C#N)C1. The molecule has 30 heavy (non-hydrogen) atoms. The summed E-state index contributed by atoms with van der Waals surface area (Å²) in [5.74, 6) is -0.635. The van der Waals surface area contributed by atoms with E-state index < -0.39 is 5.92 Å². The lowest BCUT2D eigenvalue weighted by Gasteiger charge is -2.25. The number of nitrogens with one attached hydrogen (secondary N) is 1. The van der Waals surface area contributed by atoms with E-state index in [4.69, 9.17) is 0 Å². The van der Waals surface area contributed by atoms with Crippen LogP contribution >= 0.6 is 11.3 Å². The lowest BCUT2D eigenvalue weighted by molar-refractivity contribution is -0.129. The number of carbonyl (C=O) groups is 2. The lowest BCUT2D eigenvalue weighted by Crippen LogP contribution is -2.33. The molecule has 0 spiro atoms. The highest BCUT2D eigenvalue weighted by Gasteiger charge is 2.28. The largest absolute Gasteiger partial charge is 0.337 e. The predicted molar refractivity (Wildman–Crippen MR) is 117 cm³/mol. The van der Waals surface area contributed by atoms with E-state index in [1.807, 2.05) is 60.7 Å². The molecule has 0 saturated carbocycles. The number of hydrogen-bond acceptors (Lipinski definition) is 4. The first-order valence-electron chi connectivity index (χ1n) is 9.79. The first kappa shape index (κ1) is 19.9. The van der Waals surface area contributed by atoms with Crippen molar-refractivity contribution in [3.63, 3.8) is 0 Å². The molecule has 4 rings (SSSR count). The lowest BCUT2D eigenvalue weighted by atomic mass is 9.90. The second-order valence-corrected chi connectivity index (χ2v) is 8.36. The van der Waals surface area contributed by atoms with Crippen LogP contribution in [0.5, 0.6) is 0 Å². The van der Waals surface area contributed by atoms with Gasteiger partial charge in [-0.25, -0.2) is 0 Å². The minimum atomic E-state index is -0.480. The zero-order chi connectivity index (χ0) is 21.1. The van der Waals surface area contributed by atoms with Crippen LogP contribution in [0.25, 0.3) is 0 Å². The van der Waals surface area contributed by atoms with Crippen molar-refractivity contribution in [2.45, 2.75) is 25.8 Å². The fourth-order valence-corrected chi connectivity index (χ4v) is 5.07. The highest BCUT2D eigenvalue weighted by Crippen LogP contribution is 2.37. The van der Waals surface area contributed by atoms with Gasteiger partial charge < -0.3 is 10.2 Å². The Kier molecular flexibility index (Phi) is 5.64. The van der Waals surface area contributed by atoms with E-state index in [1.165, 1.54) is 11.3 Å². The maximum Gasteiger partial charge on any atom is 0.237 e. The molecule has 0 unspecified atom stereocenters. The third-order valence-electron chi connectivity index (χ3n) is 5.38. The Bertz CT molecular complexity index is 1080. The zero-order valence-corrected chi connectivity index (χ0v) is 17.4. The molecule has 2 aromatic carbocycles. The van der Waals surface area contributed by atoms with Gasteiger partial charge in [0.1, 0.15) is 11.1 Å². The summed E-state index contributed by atoms with van der Waals surface area (Å²) < 4.78 is 0. The molecule has 6 heteroatoms. The molecule has 0 fully saturated rings. The second kappa shape index (κ2) is 8.52. The van der Waals surface area contributed by atoms with Crippen LogP contribution in [0.1, 0.15) is 40.0 Å². The highest BCUT2D eigenvalue weighted by atomic mass is 32.1. The summed E-state index contributed by atoms with van der Waals surface area (Å²) in [6.07, 6.45) is 0.630. The number of nitrogens with zero attached hydrogens (tertiary/aromatic N) is 2. The van der Waals surface area contributed by atoms with Crippen LogP contribution in [-0.4, -0.2) is 23.3 Å². The fraction of sp³-hybridized carbons (Fsp3) is 0.208. The van der Waals surface area contributed by atoms with E-state index in [-0.39, 0.29) is 11.8 Å². The van der Waals surface area contributed by atoms with Gasteiger partial charge in [-0.2, -0.15) is 5.26 Å². The van der Waals surface area contributed by atoms with Crippen LogP contribution in [0.3, 0.4) is 0 Å². The van der Waals surface area contributed by atoms with Crippen LogP contribution in [0.15, 0.2) is 60.7 Å². The van der Waals surface area contributed by atoms with Crippen LogP contribution in [0, 0.1) is 11.3 Å². The Balaban J connectivity index is 1.67. The molecular formula is C24H21N3O2S. The fourth-order valence-electron chi connectivity index (χ4n) is 3.85. The molecule has 0 atom stereocenters. The number of carbonyl (C=O) groups excluding carboxylic acids is 2. The van der Waals surface area contributed by atoms with Crippen molar-refractivity contribution in [2.75, 3.05) is 11.9 Å². The van der Waals surface area contributed by atoms with E-state index in [0.717, 1.165) is 21.6 Å². The Morgan fingerprint density at radius 2 is 1.67 bits per heavy atom. The summed E-state index contributed by atoms with van der Waals surface area (Å²) in [6, 6.07) is 21.5. The first-order chi connectivity index (χ1) is 14.6. The molecule has 3 aromatic rings. The summed E-state index contributed by atoms with van der Waals surface area (Å²) in [4.78, 5) is 27.9. The maximum atomic E-state index is 13.4. The summed E-state index contributed by atoms with van der Waals surface area (Å²) in [5, 5.41) is 13.3. The molecule has 1 aromatic heterocycles. The van der Waals surface area contributed by atoms with Gasteiger partial charge in [-0.15, -0.1) is 11.3 Å². The van der Waals surface area contributed by atoms with Crippen molar-refractivity contribution >= 4 is 28.2 Å². The number of rotatable bonds is 4. The van der Waals surface area contributed by atoms with E-state index >= 15 is 0 Å². The topological polar surface area (TPSA) is 73.2 Å². The summed E-state index contributed by atoms with van der Waals surface area (Å²) in [6.45, 7) is 2.63. The number of thiophene rings is 1. The number of anilines is 1. The van der Waals surface area contributed by atoms with Crippen LogP contribution in [0.4, 0.5) is 5.00 Å². The second-order valence-electron chi connectivity index (χ2n) is 7.25. The van der Waals surface area contributed by atoms with Gasteiger partial charge in [0, 0.05) is 18.3 Å². The van der Waals surface area contributed by atoms with Gasteiger partial charge in [0.25, 0.3) is 0 Å². The Morgan fingerprint density at radius 3 is 2.20 bits per heavy atom. The molecule has 0 bridgehead atoms. The predicted octanol–water partition coefficient (Wildman–Crippen LogP) is 4.29. The quantitative estimate of drug-likeness (QED) is 0.691. The molecule has 0 saturated heterocycles. The van der Waals surface area contributed by atoms with Gasteiger partial charge in [0.15, 0.2) is 0 Å². The Morgan fingerprint density at radius 1 is 1.07 bits per heavy atom. The minimum Gasteiger partial charge on any atom is -0.337 e. The monoisotopic (exact) mass is 415 g/mol. The number of hydrogen-bond donors (Lipinski definition) is 1. The first-order valence-corrected chi connectivity index (χ1v) is 10.6. The number of fused-ring (bicyclic) bond motifs is 1. The molecule has 1 aliphatic rings. The van der Waals surface area contributed by atoms with Crippen molar-refractivity contribution in [3.8, 4) is 6.07 Å². The maximum absolute atomic E-state index is 13.4. The Hall–Kier alpha value is -3.43. The molecular weight excluding hydrogens is 394 g/mol. The summed E-state index contributed by atoms with van der Waals surface area (Å²) in [7, 11) is 0. The van der Waals surface area contributed by atoms with E-state index in [1.54, 1.807) is 11.8 Å². The molecule has 2 amide bonds. The molecule has 1 N–H and O–H groups in total. The minimum absolute atomic E-state index is 0.0198. The van der Waals surface area contributed by atoms with E-state index in [2.05, 4.69) is 11.4 Å². The van der Waals surface area contributed by atoms with Crippen LogP contribution in [-0.2, 0) is 22.6 Å². The number of amides is 2. The average Bonchev–Trinajstić information content (AvgIpc) is 3.11. The van der Waals surface area contributed by atoms with Crippen LogP contribution in [0.2, 0.25) is 0 Å². The van der Waals surface area contributed by atoms with Gasteiger partial charge in [0.2, 0.25) is 11.8 Å². The zero-order valence-electron chi connectivity index (χ0n) is 16.6. The number of nitriles is 1. The van der Waals surface area contributed by atoms with Gasteiger partial charge >= 0.3 is 0 Å². The van der Waals surface area contributed by atoms with Gasteiger partial charge in [-0.1, -0.05) is 60.7 Å². The average molecular weight is 416 g/mol. The van der Waals surface area contributed by atoms with Crippen molar-refractivity contribution in [1.82, 2.24) is 4.90 Å². The molecule has 2 heterocycles. The molecule has 5 nitrogen and oxygen atoms in total. The van der Waals surface area contributed by atoms with Gasteiger partial charge in [-0.3, -0.25) is 9.59 Å². The summed E-state index contributed by atoms with van der Waals surface area (Å²) >= 11 is 1.40. The molecule has 150 valence electrons. The summed E-state index contributed by atoms with van der Waals surface area (Å²) in [5.41, 5.74) is 3.25. The third-order valence-corrected chi connectivity index (χ3v) is 6.51. The normalized spacial score (nSPS) is 12.9.